The molecule has 3 saturated carbocycles. The van der Waals surface area contributed by atoms with Crippen LogP contribution in [0.1, 0.15) is 59.3 Å². The van der Waals surface area contributed by atoms with E-state index in [0.717, 1.165) is 35.6 Å². The lowest BCUT2D eigenvalue weighted by molar-refractivity contribution is -0.0833. The van der Waals surface area contributed by atoms with Crippen LogP contribution < -0.4 is 5.48 Å². The smallest absolute Gasteiger partial charge is 0.250 e. The normalized spacial score (nSPS) is 47.5. The van der Waals surface area contributed by atoms with Gasteiger partial charge in [-0.3, -0.25) is 0 Å². The standard InChI is InChI=1S/C21H33NO3S/c1-14-12-15-13-16(22-25-26(4,23)24)7-11-21(15,3)18-8-10-20(2)9-5-6-17(20)19(14)18/h7,11,13-15,17-19,22H,5-6,8-10,12H2,1-4H3/t14-,15?,17+,18+,19+,20+,21+/m1/s1. The summed E-state index contributed by atoms with van der Waals surface area (Å²) in [5, 5.41) is 0. The number of rotatable bonds is 3. The van der Waals surface area contributed by atoms with Crippen molar-refractivity contribution >= 4 is 10.1 Å². The zero-order valence-electron chi connectivity index (χ0n) is 16.5. The molecule has 0 spiro atoms. The molecule has 146 valence electrons. The van der Waals surface area contributed by atoms with Gasteiger partial charge in [0.25, 0.3) is 10.1 Å². The number of fused-ring (bicyclic) bond motifs is 5. The summed E-state index contributed by atoms with van der Waals surface area (Å²) in [6.07, 6.45) is 15.7. The second-order valence-corrected chi connectivity index (χ2v) is 11.5. The summed E-state index contributed by atoms with van der Waals surface area (Å²) in [4.78, 5) is 0. The highest BCUT2D eigenvalue weighted by atomic mass is 32.2. The Hall–Kier alpha value is -0.810. The molecule has 0 aromatic heterocycles. The Kier molecular flexibility index (Phi) is 4.35. The summed E-state index contributed by atoms with van der Waals surface area (Å²) < 4.78 is 27.3. The maximum atomic E-state index is 11.3. The molecular weight excluding hydrogens is 346 g/mol. The van der Waals surface area contributed by atoms with E-state index >= 15 is 0 Å². The largest absolute Gasteiger partial charge is 0.284 e. The fourth-order valence-electron chi connectivity index (χ4n) is 7.02. The SMILES string of the molecule is C[C@@H]1CC2C=C(NOS(C)(=O)=O)C=C[C@]2(C)[C@H]2CC[C@]3(C)CCC[C@H]3[C@H]12. The van der Waals surface area contributed by atoms with E-state index in [0.29, 0.717) is 11.3 Å². The van der Waals surface area contributed by atoms with Crippen LogP contribution in [0.2, 0.25) is 0 Å². The fraction of sp³-hybridized carbons (Fsp3) is 0.810. The molecular formula is C21H33NO3S. The lowest BCUT2D eigenvalue weighted by Gasteiger charge is -2.60. The molecule has 0 radical (unpaired) electrons. The van der Waals surface area contributed by atoms with E-state index in [1.807, 2.05) is 6.08 Å². The van der Waals surface area contributed by atoms with Gasteiger partial charge in [0.05, 0.1) is 12.0 Å². The van der Waals surface area contributed by atoms with Crippen LogP contribution in [0.15, 0.2) is 23.9 Å². The molecule has 0 saturated heterocycles. The zero-order chi connectivity index (χ0) is 18.7. The van der Waals surface area contributed by atoms with Crippen LogP contribution in [0.5, 0.6) is 0 Å². The Bertz CT molecular complexity index is 742. The van der Waals surface area contributed by atoms with E-state index in [-0.39, 0.29) is 5.41 Å². The molecule has 4 aliphatic rings. The Morgan fingerprint density at radius 2 is 1.96 bits per heavy atom. The van der Waals surface area contributed by atoms with E-state index in [9.17, 15) is 8.42 Å². The second-order valence-electron chi connectivity index (χ2n) is 9.91. The van der Waals surface area contributed by atoms with E-state index in [4.69, 9.17) is 4.28 Å². The highest BCUT2D eigenvalue weighted by Crippen LogP contribution is 2.66. The van der Waals surface area contributed by atoms with Crippen LogP contribution in [0.4, 0.5) is 0 Å². The number of nitrogens with one attached hydrogen (secondary N) is 1. The lowest BCUT2D eigenvalue weighted by Crippen LogP contribution is -2.53. The van der Waals surface area contributed by atoms with Gasteiger partial charge in [0.2, 0.25) is 0 Å². The third-order valence-electron chi connectivity index (χ3n) is 8.31. The van der Waals surface area contributed by atoms with Crippen molar-refractivity contribution in [1.82, 2.24) is 5.48 Å². The van der Waals surface area contributed by atoms with E-state index in [2.05, 4.69) is 38.4 Å². The number of hydrogen-bond donors (Lipinski definition) is 1. The highest BCUT2D eigenvalue weighted by Gasteiger charge is 2.58. The van der Waals surface area contributed by atoms with Crippen LogP contribution >= 0.6 is 0 Å². The molecule has 4 nitrogen and oxygen atoms in total. The van der Waals surface area contributed by atoms with Gasteiger partial charge in [0.15, 0.2) is 0 Å². The van der Waals surface area contributed by atoms with Gasteiger partial charge < -0.3 is 0 Å². The molecule has 3 fully saturated rings. The Morgan fingerprint density at radius 1 is 1.19 bits per heavy atom. The van der Waals surface area contributed by atoms with Crippen molar-refractivity contribution in [3.05, 3.63) is 23.9 Å². The topological polar surface area (TPSA) is 55.4 Å². The minimum Gasteiger partial charge on any atom is -0.250 e. The average Bonchev–Trinajstić information content (AvgIpc) is 2.95. The molecule has 4 aliphatic carbocycles. The summed E-state index contributed by atoms with van der Waals surface area (Å²) >= 11 is 0. The van der Waals surface area contributed by atoms with E-state index in [1.54, 1.807) is 0 Å². The molecule has 26 heavy (non-hydrogen) atoms. The molecule has 1 unspecified atom stereocenters. The van der Waals surface area contributed by atoms with Gasteiger partial charge in [-0.25, -0.2) is 5.48 Å². The van der Waals surface area contributed by atoms with Gasteiger partial charge in [-0.2, -0.15) is 12.7 Å². The first-order chi connectivity index (χ1) is 12.1. The van der Waals surface area contributed by atoms with Crippen LogP contribution in [0.25, 0.3) is 0 Å². The van der Waals surface area contributed by atoms with Gasteiger partial charge in [0, 0.05) is 0 Å². The fourth-order valence-corrected chi connectivity index (χ4v) is 7.27. The third-order valence-corrected chi connectivity index (χ3v) is 8.69. The quantitative estimate of drug-likeness (QED) is 0.738. The molecule has 0 bridgehead atoms. The van der Waals surface area contributed by atoms with Crippen LogP contribution in [0, 0.1) is 40.4 Å². The molecule has 5 heteroatoms. The molecule has 0 amide bonds. The summed E-state index contributed by atoms with van der Waals surface area (Å²) in [5.41, 5.74) is 4.15. The zero-order valence-corrected chi connectivity index (χ0v) is 17.3. The number of hydroxylamine groups is 1. The molecule has 1 N–H and O–H groups in total. The average molecular weight is 380 g/mol. The summed E-state index contributed by atoms with van der Waals surface area (Å²) in [7, 11) is -3.50. The van der Waals surface area contributed by atoms with Crippen LogP contribution in [-0.2, 0) is 14.4 Å². The first kappa shape index (κ1) is 18.5. The minimum absolute atomic E-state index is 0.178. The van der Waals surface area contributed by atoms with Crippen molar-refractivity contribution in [3.63, 3.8) is 0 Å². The van der Waals surface area contributed by atoms with Gasteiger partial charge in [0.1, 0.15) is 0 Å². The second kappa shape index (κ2) is 6.10. The van der Waals surface area contributed by atoms with Crippen molar-refractivity contribution in [2.75, 3.05) is 6.26 Å². The predicted octanol–water partition coefficient (Wildman–Crippen LogP) is 4.42. The molecule has 0 heterocycles. The number of allylic oxidation sites excluding steroid dienone is 3. The van der Waals surface area contributed by atoms with E-state index in [1.165, 1.54) is 38.5 Å². The Morgan fingerprint density at radius 3 is 2.69 bits per heavy atom. The van der Waals surface area contributed by atoms with Gasteiger partial charge in [-0.1, -0.05) is 39.3 Å². The van der Waals surface area contributed by atoms with E-state index < -0.39 is 10.1 Å². The van der Waals surface area contributed by atoms with Gasteiger partial charge >= 0.3 is 0 Å². The lowest BCUT2D eigenvalue weighted by atomic mass is 9.45. The maximum Gasteiger partial charge on any atom is 0.284 e. The predicted molar refractivity (Wildman–Crippen MR) is 103 cm³/mol. The minimum atomic E-state index is -3.50. The Labute approximate surface area is 158 Å². The summed E-state index contributed by atoms with van der Waals surface area (Å²) in [5.74, 6) is 3.62. The molecule has 7 atom stereocenters. The number of hydrogen-bond acceptors (Lipinski definition) is 4. The van der Waals surface area contributed by atoms with Crippen molar-refractivity contribution in [1.29, 1.82) is 0 Å². The molecule has 4 rings (SSSR count). The van der Waals surface area contributed by atoms with Crippen molar-refractivity contribution < 1.29 is 12.7 Å². The Balaban J connectivity index is 1.59. The first-order valence-electron chi connectivity index (χ1n) is 10.2. The summed E-state index contributed by atoms with van der Waals surface area (Å²) in [6, 6.07) is 0. The van der Waals surface area contributed by atoms with Crippen LogP contribution in [-0.4, -0.2) is 14.7 Å². The highest BCUT2D eigenvalue weighted by molar-refractivity contribution is 7.85. The van der Waals surface area contributed by atoms with Crippen LogP contribution in [0.3, 0.4) is 0 Å². The van der Waals surface area contributed by atoms with Crippen molar-refractivity contribution in [2.24, 2.45) is 40.4 Å². The van der Waals surface area contributed by atoms with Crippen molar-refractivity contribution in [3.8, 4) is 0 Å². The molecule has 0 aliphatic heterocycles. The van der Waals surface area contributed by atoms with Gasteiger partial charge in [-0.15, -0.1) is 0 Å². The summed E-state index contributed by atoms with van der Waals surface area (Å²) in [6.45, 7) is 7.43. The first-order valence-corrected chi connectivity index (χ1v) is 12.0. The van der Waals surface area contributed by atoms with Gasteiger partial charge in [-0.05, 0) is 78.6 Å². The molecule has 0 aromatic rings. The maximum absolute atomic E-state index is 11.3. The molecule has 0 aromatic carbocycles. The van der Waals surface area contributed by atoms with Crippen molar-refractivity contribution in [2.45, 2.75) is 59.3 Å². The monoisotopic (exact) mass is 379 g/mol. The third kappa shape index (κ3) is 2.95.